The van der Waals surface area contributed by atoms with Crippen molar-refractivity contribution >= 4 is 40.5 Å². The molecule has 2 rings (SSSR count). The van der Waals surface area contributed by atoms with Crippen molar-refractivity contribution in [1.82, 2.24) is 4.90 Å². The summed E-state index contributed by atoms with van der Waals surface area (Å²) in [5.74, 6) is -0.280. The van der Waals surface area contributed by atoms with E-state index in [1.165, 1.54) is 0 Å². The largest absolute Gasteiger partial charge is 0.366 e. The van der Waals surface area contributed by atoms with Gasteiger partial charge in [0.2, 0.25) is 5.91 Å². The fraction of sp³-hybridized carbons (Fsp3) is 0.500. The van der Waals surface area contributed by atoms with Gasteiger partial charge in [0.1, 0.15) is 5.88 Å². The molecule has 110 valence electrons. The maximum absolute atomic E-state index is 11.5. The summed E-state index contributed by atoms with van der Waals surface area (Å²) in [4.78, 5) is 16.1. The van der Waals surface area contributed by atoms with Gasteiger partial charge < -0.3 is 15.1 Å². The molecule has 4 nitrogen and oxygen atoms in total. The topological polar surface area (TPSA) is 35.6 Å². The molecule has 1 fully saturated rings. The molecule has 0 saturated carbocycles. The van der Waals surface area contributed by atoms with Gasteiger partial charge in [-0.15, -0.1) is 11.6 Å². The van der Waals surface area contributed by atoms with E-state index in [0.29, 0.717) is 5.02 Å². The third-order valence-electron chi connectivity index (χ3n) is 3.52. The molecule has 0 aromatic heterocycles. The van der Waals surface area contributed by atoms with E-state index in [0.717, 1.165) is 44.1 Å². The number of amides is 1. The van der Waals surface area contributed by atoms with Gasteiger partial charge in [0.15, 0.2) is 0 Å². The number of likely N-dealkylation sites (N-methyl/N-ethyl adjacent to an activating group) is 1. The van der Waals surface area contributed by atoms with Crippen LogP contribution in [-0.4, -0.2) is 49.4 Å². The van der Waals surface area contributed by atoms with Gasteiger partial charge in [0, 0.05) is 26.2 Å². The molecule has 1 aliphatic rings. The van der Waals surface area contributed by atoms with Crippen molar-refractivity contribution in [3.63, 3.8) is 0 Å². The Bertz CT molecular complexity index is 473. The summed E-state index contributed by atoms with van der Waals surface area (Å²) in [6.45, 7) is 7.04. The molecule has 20 heavy (non-hydrogen) atoms. The lowest BCUT2D eigenvalue weighted by Crippen LogP contribution is -2.46. The van der Waals surface area contributed by atoms with Gasteiger partial charge in [-0.25, -0.2) is 0 Å². The highest BCUT2D eigenvalue weighted by atomic mass is 35.5. The van der Waals surface area contributed by atoms with E-state index in [2.05, 4.69) is 22.0 Å². The Balaban J connectivity index is 2.19. The molecule has 1 aromatic rings. The molecule has 0 bridgehead atoms. The van der Waals surface area contributed by atoms with Crippen molar-refractivity contribution < 1.29 is 4.79 Å². The van der Waals surface area contributed by atoms with Crippen molar-refractivity contribution in [3.8, 4) is 0 Å². The minimum absolute atomic E-state index is 0.0600. The summed E-state index contributed by atoms with van der Waals surface area (Å²) in [7, 11) is 0. The number of hydrogen-bond acceptors (Lipinski definition) is 3. The van der Waals surface area contributed by atoms with Crippen molar-refractivity contribution in [2.45, 2.75) is 6.92 Å². The zero-order valence-electron chi connectivity index (χ0n) is 11.5. The summed E-state index contributed by atoms with van der Waals surface area (Å²) in [6, 6.07) is 5.54. The molecule has 0 unspecified atom stereocenters. The first-order valence-electron chi connectivity index (χ1n) is 6.77. The van der Waals surface area contributed by atoms with Crippen LogP contribution in [0, 0.1) is 0 Å². The summed E-state index contributed by atoms with van der Waals surface area (Å²) >= 11 is 11.9. The first kappa shape index (κ1) is 15.4. The standard InChI is InChI=1S/C14H19Cl2N3O/c1-2-18-6-8-19(9-7-18)14-11(16)4-3-5-12(14)17-13(20)10-15/h3-5H,2,6-10H2,1H3,(H,17,20). The molecule has 0 radical (unpaired) electrons. The Morgan fingerprint density at radius 1 is 1.30 bits per heavy atom. The number of benzene rings is 1. The third-order valence-corrected chi connectivity index (χ3v) is 4.07. The quantitative estimate of drug-likeness (QED) is 0.868. The molecule has 1 heterocycles. The number of hydrogen-bond donors (Lipinski definition) is 1. The number of carbonyl (C=O) groups excluding carboxylic acids is 1. The Kier molecular flexibility index (Phi) is 5.52. The molecule has 1 amide bonds. The van der Waals surface area contributed by atoms with Crippen molar-refractivity contribution in [1.29, 1.82) is 0 Å². The third kappa shape index (κ3) is 3.57. The van der Waals surface area contributed by atoms with E-state index in [-0.39, 0.29) is 11.8 Å². The van der Waals surface area contributed by atoms with Crippen molar-refractivity contribution in [2.24, 2.45) is 0 Å². The van der Waals surface area contributed by atoms with Crippen LogP contribution in [-0.2, 0) is 4.79 Å². The van der Waals surface area contributed by atoms with Gasteiger partial charge in [-0.05, 0) is 18.7 Å². The predicted molar refractivity (Wildman–Crippen MR) is 85.1 cm³/mol. The van der Waals surface area contributed by atoms with Crippen molar-refractivity contribution in [3.05, 3.63) is 23.2 Å². The van der Waals surface area contributed by atoms with Gasteiger partial charge in [-0.3, -0.25) is 4.79 Å². The van der Waals surface area contributed by atoms with Gasteiger partial charge in [0.25, 0.3) is 0 Å². The predicted octanol–water partition coefficient (Wildman–Crippen LogP) is 2.66. The Hall–Kier alpha value is -0.970. The Morgan fingerprint density at radius 3 is 2.60 bits per heavy atom. The minimum Gasteiger partial charge on any atom is -0.366 e. The smallest absolute Gasteiger partial charge is 0.239 e. The maximum Gasteiger partial charge on any atom is 0.239 e. The highest BCUT2D eigenvalue weighted by Crippen LogP contribution is 2.34. The Morgan fingerprint density at radius 2 is 2.00 bits per heavy atom. The average Bonchev–Trinajstić information content (AvgIpc) is 2.47. The summed E-state index contributed by atoms with van der Waals surface area (Å²) in [5, 5.41) is 3.47. The molecular formula is C14H19Cl2N3O. The first-order valence-corrected chi connectivity index (χ1v) is 7.68. The second-order valence-corrected chi connectivity index (χ2v) is 5.41. The number of nitrogens with one attached hydrogen (secondary N) is 1. The SMILES string of the molecule is CCN1CCN(c2c(Cl)cccc2NC(=O)CCl)CC1. The number of alkyl halides is 1. The highest BCUT2D eigenvalue weighted by molar-refractivity contribution is 6.34. The van der Waals surface area contributed by atoms with Crippen molar-refractivity contribution in [2.75, 3.05) is 48.8 Å². The molecule has 0 spiro atoms. The first-order chi connectivity index (χ1) is 9.65. The number of carbonyl (C=O) groups is 1. The van der Waals surface area contributed by atoms with Gasteiger partial charge in [0.05, 0.1) is 16.4 Å². The lowest BCUT2D eigenvalue weighted by Gasteiger charge is -2.36. The van der Waals surface area contributed by atoms with Gasteiger partial charge in [-0.2, -0.15) is 0 Å². The molecular weight excluding hydrogens is 297 g/mol. The lowest BCUT2D eigenvalue weighted by molar-refractivity contribution is -0.113. The normalized spacial score (nSPS) is 16.2. The molecule has 1 aromatic carbocycles. The summed E-state index contributed by atoms with van der Waals surface area (Å²) < 4.78 is 0. The van der Waals surface area contributed by atoms with Gasteiger partial charge >= 0.3 is 0 Å². The van der Waals surface area contributed by atoms with E-state index >= 15 is 0 Å². The number of piperazine rings is 1. The van der Waals surface area contributed by atoms with E-state index in [4.69, 9.17) is 23.2 Å². The number of rotatable bonds is 4. The highest BCUT2D eigenvalue weighted by Gasteiger charge is 2.21. The van der Waals surface area contributed by atoms with E-state index in [9.17, 15) is 4.79 Å². The van der Waals surface area contributed by atoms with E-state index in [1.807, 2.05) is 18.2 Å². The molecule has 1 aliphatic heterocycles. The maximum atomic E-state index is 11.5. The average molecular weight is 316 g/mol. The number of halogens is 2. The summed E-state index contributed by atoms with van der Waals surface area (Å²) in [5.41, 5.74) is 1.62. The molecule has 6 heteroatoms. The molecule has 0 aliphatic carbocycles. The fourth-order valence-corrected chi connectivity index (χ4v) is 2.77. The van der Waals surface area contributed by atoms with Crippen LogP contribution in [0.4, 0.5) is 11.4 Å². The molecule has 1 N–H and O–H groups in total. The lowest BCUT2D eigenvalue weighted by atomic mass is 10.2. The summed E-state index contributed by atoms with van der Waals surface area (Å²) in [6.07, 6.45) is 0. The number of para-hydroxylation sites is 1. The van der Waals surface area contributed by atoms with Gasteiger partial charge in [-0.1, -0.05) is 24.6 Å². The fourth-order valence-electron chi connectivity index (χ4n) is 2.41. The van der Waals surface area contributed by atoms with Crippen LogP contribution >= 0.6 is 23.2 Å². The second kappa shape index (κ2) is 7.16. The number of anilines is 2. The zero-order valence-corrected chi connectivity index (χ0v) is 13.0. The van der Waals surface area contributed by atoms with Crippen LogP contribution in [0.5, 0.6) is 0 Å². The second-order valence-electron chi connectivity index (χ2n) is 4.74. The van der Waals surface area contributed by atoms with Crippen LogP contribution in [0.3, 0.4) is 0 Å². The van der Waals surface area contributed by atoms with Crippen LogP contribution < -0.4 is 10.2 Å². The van der Waals surface area contributed by atoms with E-state index in [1.54, 1.807) is 0 Å². The van der Waals surface area contributed by atoms with E-state index < -0.39 is 0 Å². The van der Waals surface area contributed by atoms with Crippen LogP contribution in [0.25, 0.3) is 0 Å². The monoisotopic (exact) mass is 315 g/mol. The number of nitrogens with zero attached hydrogens (tertiary/aromatic N) is 2. The molecule has 0 atom stereocenters. The van der Waals surface area contributed by atoms with Crippen LogP contribution in [0.15, 0.2) is 18.2 Å². The zero-order chi connectivity index (χ0) is 14.5. The minimum atomic E-state index is -0.220. The molecule has 1 saturated heterocycles. The van der Waals surface area contributed by atoms with Crippen LogP contribution in [0.1, 0.15) is 6.92 Å². The Labute approximate surface area is 129 Å². The van der Waals surface area contributed by atoms with Crippen LogP contribution in [0.2, 0.25) is 5.02 Å².